The van der Waals surface area contributed by atoms with Crippen LogP contribution in [0.2, 0.25) is 0 Å². The number of likely N-dealkylation sites (N-methyl/N-ethyl adjacent to an activating group) is 1. The van der Waals surface area contributed by atoms with Crippen LogP contribution < -0.4 is 0 Å². The largest absolute Gasteiger partial charge is 0.468 e. The summed E-state index contributed by atoms with van der Waals surface area (Å²) < 4.78 is 8.34. The second-order valence-corrected chi connectivity index (χ2v) is 5.69. The summed E-state index contributed by atoms with van der Waals surface area (Å²) in [4.78, 5) is 25.1. The van der Waals surface area contributed by atoms with Crippen LogP contribution in [0.25, 0.3) is 0 Å². The Balaban J connectivity index is 2.91. The molecular weight excluding hydrogens is 254 g/mol. The fourth-order valence-corrected chi connectivity index (χ4v) is 2.20. The number of hydrogen-bond donors (Lipinski definition) is 0. The van der Waals surface area contributed by atoms with Crippen LogP contribution >= 0.6 is 11.5 Å². The predicted octanol–water partition coefficient (Wildman–Crippen LogP) is 1.08. The molecule has 0 spiro atoms. The molecule has 0 bridgehead atoms. The Morgan fingerprint density at radius 1 is 1.39 bits per heavy atom. The lowest BCUT2D eigenvalue weighted by atomic mass is 9.91. The maximum atomic E-state index is 12.2. The van der Waals surface area contributed by atoms with Crippen LogP contribution in [0, 0.1) is 0 Å². The third kappa shape index (κ3) is 3.25. The van der Waals surface area contributed by atoms with Gasteiger partial charge in [-0.3, -0.25) is 9.59 Å². The molecule has 0 saturated heterocycles. The molecule has 7 heteroatoms. The minimum absolute atomic E-state index is 0.0865. The Morgan fingerprint density at radius 2 is 2.00 bits per heavy atom. The van der Waals surface area contributed by atoms with Crippen LogP contribution in [-0.4, -0.2) is 47.1 Å². The molecule has 6 nitrogen and oxygen atoms in total. The van der Waals surface area contributed by atoms with Crippen molar-refractivity contribution < 1.29 is 14.3 Å². The molecule has 0 aliphatic rings. The van der Waals surface area contributed by atoms with E-state index in [0.29, 0.717) is 10.6 Å². The van der Waals surface area contributed by atoms with Gasteiger partial charge in [-0.1, -0.05) is 25.3 Å². The van der Waals surface area contributed by atoms with Crippen LogP contribution in [0.1, 0.15) is 36.1 Å². The van der Waals surface area contributed by atoms with Crippen molar-refractivity contribution in [2.24, 2.45) is 0 Å². The van der Waals surface area contributed by atoms with Gasteiger partial charge in [0, 0.05) is 12.5 Å². The summed E-state index contributed by atoms with van der Waals surface area (Å²) in [6.45, 7) is 5.79. The number of esters is 1. The molecule has 100 valence electrons. The normalized spacial score (nSPS) is 11.2. The van der Waals surface area contributed by atoms with E-state index in [2.05, 4.69) is 14.3 Å². The summed E-state index contributed by atoms with van der Waals surface area (Å²) in [6, 6.07) is 0. The quantitative estimate of drug-likeness (QED) is 0.769. The standard InChI is InChI=1S/C11H17N3O3S/c1-11(2,3)9-8(18-13-12-9)10(16)14(4)6-7(15)17-5/h6H2,1-5H3. The molecule has 0 N–H and O–H groups in total. The topological polar surface area (TPSA) is 72.4 Å². The molecular formula is C11H17N3O3S. The molecule has 18 heavy (non-hydrogen) atoms. The van der Waals surface area contributed by atoms with Crippen molar-refractivity contribution in [1.29, 1.82) is 0 Å². The molecule has 0 aromatic carbocycles. The van der Waals surface area contributed by atoms with Gasteiger partial charge < -0.3 is 9.64 Å². The van der Waals surface area contributed by atoms with Gasteiger partial charge in [0.15, 0.2) is 0 Å². The second kappa shape index (κ2) is 5.43. The molecule has 1 aromatic heterocycles. The van der Waals surface area contributed by atoms with Gasteiger partial charge in [-0.25, -0.2) is 0 Å². The molecule has 0 aliphatic heterocycles. The molecule has 1 rings (SSSR count). The average molecular weight is 271 g/mol. The third-order valence-electron chi connectivity index (χ3n) is 2.33. The number of methoxy groups -OCH3 is 1. The van der Waals surface area contributed by atoms with Crippen molar-refractivity contribution >= 4 is 23.4 Å². The maximum Gasteiger partial charge on any atom is 0.325 e. The van der Waals surface area contributed by atoms with E-state index in [1.54, 1.807) is 7.05 Å². The number of aromatic nitrogens is 2. The van der Waals surface area contributed by atoms with Gasteiger partial charge >= 0.3 is 5.97 Å². The SMILES string of the molecule is COC(=O)CN(C)C(=O)c1snnc1C(C)(C)C. The van der Waals surface area contributed by atoms with Crippen molar-refractivity contribution in [3.63, 3.8) is 0 Å². The van der Waals surface area contributed by atoms with E-state index in [1.807, 2.05) is 20.8 Å². The Bertz CT molecular complexity index is 451. The summed E-state index contributed by atoms with van der Waals surface area (Å²) in [5.74, 6) is -0.721. The van der Waals surface area contributed by atoms with E-state index in [-0.39, 0.29) is 17.9 Å². The Hall–Kier alpha value is -1.50. The zero-order chi connectivity index (χ0) is 13.9. The van der Waals surface area contributed by atoms with Crippen molar-refractivity contribution in [1.82, 2.24) is 14.5 Å². The lowest BCUT2D eigenvalue weighted by molar-refractivity contribution is -0.141. The van der Waals surface area contributed by atoms with Crippen LogP contribution in [0.4, 0.5) is 0 Å². The van der Waals surface area contributed by atoms with Gasteiger partial charge in [-0.15, -0.1) is 5.10 Å². The van der Waals surface area contributed by atoms with E-state index in [0.717, 1.165) is 11.5 Å². The zero-order valence-corrected chi connectivity index (χ0v) is 12.0. The van der Waals surface area contributed by atoms with E-state index in [4.69, 9.17) is 0 Å². The van der Waals surface area contributed by atoms with Crippen LogP contribution in [0.5, 0.6) is 0 Å². The highest BCUT2D eigenvalue weighted by atomic mass is 32.1. The molecule has 0 saturated carbocycles. The molecule has 0 aliphatic carbocycles. The van der Waals surface area contributed by atoms with Gasteiger partial charge in [-0.05, 0) is 11.5 Å². The predicted molar refractivity (Wildman–Crippen MR) is 67.6 cm³/mol. The fraction of sp³-hybridized carbons (Fsp3) is 0.636. The molecule has 0 radical (unpaired) electrons. The highest BCUT2D eigenvalue weighted by molar-refractivity contribution is 7.08. The number of amides is 1. The third-order valence-corrected chi connectivity index (χ3v) is 3.05. The first-order valence-electron chi connectivity index (χ1n) is 5.42. The molecule has 0 atom stereocenters. The highest BCUT2D eigenvalue weighted by Crippen LogP contribution is 2.26. The monoisotopic (exact) mass is 271 g/mol. The van der Waals surface area contributed by atoms with E-state index in [9.17, 15) is 9.59 Å². The lowest BCUT2D eigenvalue weighted by Gasteiger charge is -2.19. The van der Waals surface area contributed by atoms with Gasteiger partial charge in [-0.2, -0.15) is 0 Å². The number of rotatable bonds is 3. The van der Waals surface area contributed by atoms with Crippen molar-refractivity contribution in [2.75, 3.05) is 20.7 Å². The smallest absolute Gasteiger partial charge is 0.325 e. The summed E-state index contributed by atoms with van der Waals surface area (Å²) in [6.07, 6.45) is 0. The highest BCUT2D eigenvalue weighted by Gasteiger charge is 2.28. The summed E-state index contributed by atoms with van der Waals surface area (Å²) in [7, 11) is 2.83. The number of carbonyl (C=O) groups is 2. The van der Waals surface area contributed by atoms with E-state index < -0.39 is 5.97 Å². The first kappa shape index (κ1) is 14.6. The van der Waals surface area contributed by atoms with Crippen LogP contribution in [0.15, 0.2) is 0 Å². The second-order valence-electron chi connectivity index (χ2n) is 4.94. The number of ether oxygens (including phenoxy) is 1. The maximum absolute atomic E-state index is 12.2. The Labute approximate surface area is 110 Å². The van der Waals surface area contributed by atoms with E-state index in [1.165, 1.54) is 12.0 Å². The van der Waals surface area contributed by atoms with Crippen LogP contribution in [-0.2, 0) is 14.9 Å². The van der Waals surface area contributed by atoms with Crippen molar-refractivity contribution in [3.8, 4) is 0 Å². The van der Waals surface area contributed by atoms with Gasteiger partial charge in [0.25, 0.3) is 5.91 Å². The molecule has 0 fully saturated rings. The summed E-state index contributed by atoms with van der Waals surface area (Å²) in [5.41, 5.74) is 0.388. The fourth-order valence-electron chi connectivity index (χ4n) is 1.32. The van der Waals surface area contributed by atoms with Crippen molar-refractivity contribution in [2.45, 2.75) is 26.2 Å². The van der Waals surface area contributed by atoms with Crippen molar-refractivity contribution in [3.05, 3.63) is 10.6 Å². The number of carbonyl (C=O) groups excluding carboxylic acids is 2. The van der Waals surface area contributed by atoms with Gasteiger partial charge in [0.1, 0.15) is 11.4 Å². The van der Waals surface area contributed by atoms with Gasteiger partial charge in [0.2, 0.25) is 0 Å². The minimum Gasteiger partial charge on any atom is -0.468 e. The average Bonchev–Trinajstić information content (AvgIpc) is 2.76. The number of hydrogen-bond acceptors (Lipinski definition) is 6. The number of nitrogens with zero attached hydrogens (tertiary/aromatic N) is 3. The molecule has 1 amide bonds. The lowest BCUT2D eigenvalue weighted by Crippen LogP contribution is -2.33. The molecule has 0 unspecified atom stereocenters. The first-order chi connectivity index (χ1) is 8.27. The Kier molecular flexibility index (Phi) is 4.39. The summed E-state index contributed by atoms with van der Waals surface area (Å²) >= 11 is 1.04. The summed E-state index contributed by atoms with van der Waals surface area (Å²) in [5, 5.41) is 4.00. The Morgan fingerprint density at radius 3 is 2.50 bits per heavy atom. The van der Waals surface area contributed by atoms with Crippen LogP contribution in [0.3, 0.4) is 0 Å². The van der Waals surface area contributed by atoms with E-state index >= 15 is 0 Å². The molecule has 1 heterocycles. The zero-order valence-electron chi connectivity index (χ0n) is 11.2. The minimum atomic E-state index is -0.458. The van der Waals surface area contributed by atoms with Gasteiger partial charge in [0.05, 0.1) is 12.8 Å². The first-order valence-corrected chi connectivity index (χ1v) is 6.19. The molecule has 1 aromatic rings.